The Kier molecular flexibility index (Phi) is 5.92. The first-order chi connectivity index (χ1) is 12.9. The molecule has 3 rings (SSSR count). The number of carboxylic acid groups (broad SMARTS) is 1. The van der Waals surface area contributed by atoms with Crippen molar-refractivity contribution < 1.29 is 9.90 Å². The van der Waals surface area contributed by atoms with Gasteiger partial charge >= 0.3 is 5.97 Å². The van der Waals surface area contributed by atoms with Crippen LogP contribution in [0.15, 0.2) is 34.1 Å². The Morgan fingerprint density at radius 1 is 1.19 bits per heavy atom. The largest absolute Gasteiger partial charge is 0.478 e. The van der Waals surface area contributed by atoms with Gasteiger partial charge in [0.15, 0.2) is 5.82 Å². The Morgan fingerprint density at radius 3 is 2.41 bits per heavy atom. The zero-order chi connectivity index (χ0) is 19.6. The lowest BCUT2D eigenvalue weighted by Gasteiger charge is -2.15. The summed E-state index contributed by atoms with van der Waals surface area (Å²) in [5, 5.41) is 12.4. The van der Waals surface area contributed by atoms with Crippen LogP contribution in [0.1, 0.15) is 41.0 Å². The summed E-state index contributed by atoms with van der Waals surface area (Å²) >= 11 is 5.19. The number of thiophene rings is 1. The first-order valence-corrected chi connectivity index (χ1v) is 10.3. The van der Waals surface area contributed by atoms with E-state index in [0.29, 0.717) is 5.82 Å². The molecule has 2 aromatic heterocycles. The highest BCUT2D eigenvalue weighted by atomic mass is 79.9. The van der Waals surface area contributed by atoms with Crippen molar-refractivity contribution in [3.8, 4) is 10.7 Å². The van der Waals surface area contributed by atoms with Crippen LogP contribution >= 0.6 is 27.3 Å². The molecule has 3 aromatic rings. The van der Waals surface area contributed by atoms with Crippen LogP contribution in [0.25, 0.3) is 10.7 Å². The van der Waals surface area contributed by atoms with Crippen LogP contribution in [0.4, 0.5) is 11.5 Å². The van der Waals surface area contributed by atoms with Gasteiger partial charge in [0, 0.05) is 16.9 Å². The zero-order valence-corrected chi connectivity index (χ0v) is 17.7. The standard InChI is InChI=1S/C20H20BrN3O2S/c1-4-14-15(5-2)23-19(16-10-11(3)17(21)27-16)24-18(14)22-13-8-6-12(7-9-13)20(25)26/h6-10H,4-5H2,1-3H3,(H,25,26)(H,22,23,24). The molecule has 0 saturated carbocycles. The van der Waals surface area contributed by atoms with Gasteiger partial charge in [0.2, 0.25) is 0 Å². The molecule has 1 aromatic carbocycles. The molecule has 2 N–H and O–H groups in total. The number of rotatable bonds is 6. The summed E-state index contributed by atoms with van der Waals surface area (Å²) in [7, 11) is 0. The van der Waals surface area contributed by atoms with Crippen molar-refractivity contribution in [2.75, 3.05) is 5.32 Å². The molecule has 0 aliphatic rings. The zero-order valence-electron chi connectivity index (χ0n) is 15.3. The number of hydrogen-bond acceptors (Lipinski definition) is 5. The second-order valence-electron chi connectivity index (χ2n) is 6.10. The van der Waals surface area contributed by atoms with Crippen LogP contribution in [-0.4, -0.2) is 21.0 Å². The fourth-order valence-corrected chi connectivity index (χ4v) is 4.28. The Hall–Kier alpha value is -2.25. The monoisotopic (exact) mass is 445 g/mol. The Morgan fingerprint density at radius 2 is 1.89 bits per heavy atom. The lowest BCUT2D eigenvalue weighted by atomic mass is 10.1. The van der Waals surface area contributed by atoms with Gasteiger partial charge in [0.1, 0.15) is 5.82 Å². The molecular formula is C20H20BrN3O2S. The summed E-state index contributed by atoms with van der Waals surface area (Å²) in [6.07, 6.45) is 1.63. The maximum absolute atomic E-state index is 11.0. The maximum Gasteiger partial charge on any atom is 0.335 e. The van der Waals surface area contributed by atoms with E-state index in [4.69, 9.17) is 15.1 Å². The van der Waals surface area contributed by atoms with E-state index in [1.54, 1.807) is 35.6 Å². The van der Waals surface area contributed by atoms with Crippen molar-refractivity contribution in [2.24, 2.45) is 0 Å². The number of halogens is 1. The molecule has 0 saturated heterocycles. The number of carboxylic acids is 1. The van der Waals surface area contributed by atoms with Crippen LogP contribution in [0, 0.1) is 6.92 Å². The maximum atomic E-state index is 11.0. The van der Waals surface area contributed by atoms with Gasteiger partial charge in [0.05, 0.1) is 14.2 Å². The summed E-state index contributed by atoms with van der Waals surface area (Å²) in [5.41, 5.74) is 4.32. The molecule has 0 aliphatic heterocycles. The predicted molar refractivity (Wildman–Crippen MR) is 113 cm³/mol. The highest BCUT2D eigenvalue weighted by molar-refractivity contribution is 9.11. The van der Waals surface area contributed by atoms with Crippen LogP contribution in [0.2, 0.25) is 0 Å². The molecule has 27 heavy (non-hydrogen) atoms. The average Bonchev–Trinajstić information content (AvgIpc) is 3.00. The van der Waals surface area contributed by atoms with Crippen molar-refractivity contribution in [1.82, 2.24) is 9.97 Å². The topological polar surface area (TPSA) is 75.1 Å². The van der Waals surface area contributed by atoms with Crippen LogP contribution in [0.3, 0.4) is 0 Å². The molecule has 0 atom stereocenters. The third-order valence-corrected chi connectivity index (χ3v) is 6.39. The molecular weight excluding hydrogens is 426 g/mol. The number of carbonyl (C=O) groups is 1. The number of aryl methyl sites for hydroxylation is 2. The highest BCUT2D eigenvalue weighted by Crippen LogP contribution is 2.35. The van der Waals surface area contributed by atoms with Gasteiger partial charge in [-0.1, -0.05) is 13.8 Å². The number of hydrogen-bond donors (Lipinski definition) is 2. The van der Waals surface area contributed by atoms with E-state index in [2.05, 4.69) is 41.2 Å². The normalized spacial score (nSPS) is 10.8. The van der Waals surface area contributed by atoms with Crippen LogP contribution < -0.4 is 5.32 Å². The van der Waals surface area contributed by atoms with Gasteiger partial charge in [-0.2, -0.15) is 0 Å². The van der Waals surface area contributed by atoms with E-state index in [-0.39, 0.29) is 5.56 Å². The molecule has 0 radical (unpaired) electrons. The first-order valence-electron chi connectivity index (χ1n) is 8.69. The number of aromatic carboxylic acids is 1. The van der Waals surface area contributed by atoms with Gasteiger partial charge in [-0.25, -0.2) is 14.8 Å². The summed E-state index contributed by atoms with van der Waals surface area (Å²) in [4.78, 5) is 21.6. The lowest BCUT2D eigenvalue weighted by Crippen LogP contribution is -2.07. The minimum atomic E-state index is -0.938. The Labute approximate surface area is 170 Å². The van der Waals surface area contributed by atoms with Crippen LogP contribution in [0.5, 0.6) is 0 Å². The number of aromatic nitrogens is 2. The fraction of sp³-hybridized carbons (Fsp3) is 0.250. The second kappa shape index (κ2) is 8.19. The molecule has 0 fully saturated rings. The lowest BCUT2D eigenvalue weighted by molar-refractivity contribution is 0.0697. The molecule has 0 aliphatic carbocycles. The second-order valence-corrected chi connectivity index (χ2v) is 8.47. The Bertz CT molecular complexity index is 964. The van der Waals surface area contributed by atoms with Crippen LogP contribution in [-0.2, 0) is 12.8 Å². The average molecular weight is 446 g/mol. The number of benzene rings is 1. The third-order valence-electron chi connectivity index (χ3n) is 4.25. The SMILES string of the molecule is CCc1nc(-c2cc(C)c(Br)s2)nc(Nc2ccc(C(=O)O)cc2)c1CC. The van der Waals surface area contributed by atoms with E-state index in [0.717, 1.165) is 49.8 Å². The van der Waals surface area contributed by atoms with Crippen molar-refractivity contribution in [2.45, 2.75) is 33.6 Å². The minimum absolute atomic E-state index is 0.257. The van der Waals surface area contributed by atoms with E-state index < -0.39 is 5.97 Å². The molecule has 2 heterocycles. The third kappa shape index (κ3) is 4.20. The molecule has 0 bridgehead atoms. The van der Waals surface area contributed by atoms with Gasteiger partial charge in [-0.15, -0.1) is 11.3 Å². The van der Waals surface area contributed by atoms with Crippen molar-refractivity contribution in [3.05, 3.63) is 56.5 Å². The highest BCUT2D eigenvalue weighted by Gasteiger charge is 2.16. The summed E-state index contributed by atoms with van der Waals surface area (Å²) in [6, 6.07) is 8.75. The van der Waals surface area contributed by atoms with Gasteiger partial charge in [-0.05, 0) is 71.6 Å². The van der Waals surface area contributed by atoms with Crippen molar-refractivity contribution in [1.29, 1.82) is 0 Å². The van der Waals surface area contributed by atoms with E-state index in [1.807, 2.05) is 6.92 Å². The quantitative estimate of drug-likeness (QED) is 0.497. The molecule has 0 unspecified atom stereocenters. The fourth-order valence-electron chi connectivity index (χ4n) is 2.81. The molecule has 0 amide bonds. The molecule has 7 heteroatoms. The summed E-state index contributed by atoms with van der Waals surface area (Å²) < 4.78 is 1.08. The first kappa shape index (κ1) is 19.5. The van der Waals surface area contributed by atoms with Gasteiger partial charge < -0.3 is 10.4 Å². The molecule has 140 valence electrons. The van der Waals surface area contributed by atoms with E-state index in [1.165, 1.54) is 0 Å². The number of nitrogens with zero attached hydrogens (tertiary/aromatic N) is 2. The number of nitrogens with one attached hydrogen (secondary N) is 1. The minimum Gasteiger partial charge on any atom is -0.478 e. The number of anilines is 2. The Balaban J connectivity index is 2.04. The molecule has 5 nitrogen and oxygen atoms in total. The van der Waals surface area contributed by atoms with E-state index >= 15 is 0 Å². The van der Waals surface area contributed by atoms with E-state index in [9.17, 15) is 4.79 Å². The molecule has 0 spiro atoms. The summed E-state index contributed by atoms with van der Waals surface area (Å²) in [5.74, 6) is 0.532. The van der Waals surface area contributed by atoms with Crippen molar-refractivity contribution >= 4 is 44.7 Å². The van der Waals surface area contributed by atoms with Gasteiger partial charge in [-0.3, -0.25) is 0 Å². The van der Waals surface area contributed by atoms with Crippen molar-refractivity contribution in [3.63, 3.8) is 0 Å². The summed E-state index contributed by atoms with van der Waals surface area (Å²) in [6.45, 7) is 6.23. The van der Waals surface area contributed by atoms with Gasteiger partial charge in [0.25, 0.3) is 0 Å². The predicted octanol–water partition coefficient (Wildman–Crippen LogP) is 5.84. The smallest absolute Gasteiger partial charge is 0.335 e.